The average Bonchev–Trinajstić information content (AvgIpc) is 3.06. The van der Waals surface area contributed by atoms with E-state index >= 15 is 0 Å². The van der Waals surface area contributed by atoms with Gasteiger partial charge in [-0.3, -0.25) is 0 Å². The maximum atomic E-state index is 5.98. The fourth-order valence-corrected chi connectivity index (χ4v) is 2.55. The summed E-state index contributed by atoms with van der Waals surface area (Å²) in [5.74, 6) is 1.10. The average molecular weight is 356 g/mol. The van der Waals surface area contributed by atoms with Crippen molar-refractivity contribution in [1.29, 1.82) is 0 Å². The number of aromatic nitrogens is 4. The van der Waals surface area contributed by atoms with E-state index in [1.807, 2.05) is 28.8 Å². The first-order valence-corrected chi connectivity index (χ1v) is 8.74. The highest BCUT2D eigenvalue weighted by molar-refractivity contribution is 5.81. The maximum absolute atomic E-state index is 5.98. The predicted molar refractivity (Wildman–Crippen MR) is 100.0 cm³/mol. The second kappa shape index (κ2) is 8.48. The molecule has 0 radical (unpaired) electrons. The summed E-state index contributed by atoms with van der Waals surface area (Å²) in [7, 11) is 0. The molecular formula is C18H24N6O2. The third-order valence-corrected chi connectivity index (χ3v) is 3.98. The van der Waals surface area contributed by atoms with Crippen LogP contribution in [0.15, 0.2) is 30.6 Å². The SMILES string of the molecule is CCCCOc1nc(N)c2ncn(CCOc3ccccc3CN)c2n1. The zero-order chi connectivity index (χ0) is 18.4. The summed E-state index contributed by atoms with van der Waals surface area (Å²) in [5, 5.41) is 0. The van der Waals surface area contributed by atoms with E-state index in [1.165, 1.54) is 0 Å². The summed E-state index contributed by atoms with van der Waals surface area (Å²) in [4.78, 5) is 12.9. The van der Waals surface area contributed by atoms with E-state index in [4.69, 9.17) is 20.9 Å². The molecule has 0 fully saturated rings. The van der Waals surface area contributed by atoms with Gasteiger partial charge in [-0.05, 0) is 12.5 Å². The van der Waals surface area contributed by atoms with Gasteiger partial charge in [0.1, 0.15) is 12.4 Å². The van der Waals surface area contributed by atoms with Crippen LogP contribution in [0, 0.1) is 0 Å². The second-order valence-electron chi connectivity index (χ2n) is 5.86. The zero-order valence-corrected chi connectivity index (χ0v) is 14.9. The predicted octanol–water partition coefficient (Wildman–Crippen LogP) is 2.13. The van der Waals surface area contributed by atoms with Crippen LogP contribution in [0.2, 0.25) is 0 Å². The number of unbranched alkanes of at least 4 members (excludes halogenated alkanes) is 1. The molecule has 0 saturated carbocycles. The van der Waals surface area contributed by atoms with E-state index in [1.54, 1.807) is 6.33 Å². The van der Waals surface area contributed by atoms with Crippen LogP contribution in [-0.2, 0) is 13.1 Å². The topological polar surface area (TPSA) is 114 Å². The zero-order valence-electron chi connectivity index (χ0n) is 14.9. The third kappa shape index (κ3) is 4.02. The van der Waals surface area contributed by atoms with Crippen molar-refractivity contribution in [1.82, 2.24) is 19.5 Å². The standard InChI is InChI=1S/C18H24N6O2/c1-2-3-9-26-18-22-16(20)15-17(23-18)24(12-21-15)8-10-25-14-7-5-4-6-13(14)11-19/h4-7,12H,2-3,8-11,19H2,1H3,(H2,20,22,23). The van der Waals surface area contributed by atoms with Crippen LogP contribution >= 0.6 is 0 Å². The highest BCUT2D eigenvalue weighted by Gasteiger charge is 2.12. The highest BCUT2D eigenvalue weighted by Crippen LogP contribution is 2.20. The van der Waals surface area contributed by atoms with Gasteiger partial charge in [0.25, 0.3) is 0 Å². The fraction of sp³-hybridized carbons (Fsp3) is 0.389. The minimum atomic E-state index is 0.277. The lowest BCUT2D eigenvalue weighted by atomic mass is 10.2. The van der Waals surface area contributed by atoms with Gasteiger partial charge >= 0.3 is 6.01 Å². The summed E-state index contributed by atoms with van der Waals surface area (Å²) < 4.78 is 13.3. The van der Waals surface area contributed by atoms with Gasteiger partial charge in [-0.15, -0.1) is 0 Å². The Labute approximate surface area is 152 Å². The smallest absolute Gasteiger partial charge is 0.320 e. The molecule has 0 spiro atoms. The van der Waals surface area contributed by atoms with Crippen molar-refractivity contribution in [3.63, 3.8) is 0 Å². The quantitative estimate of drug-likeness (QED) is 0.564. The summed E-state index contributed by atoms with van der Waals surface area (Å²) in [6.45, 7) is 4.12. The lowest BCUT2D eigenvalue weighted by Crippen LogP contribution is -2.10. The van der Waals surface area contributed by atoms with Gasteiger partial charge in [0.05, 0.1) is 19.5 Å². The first-order chi connectivity index (χ1) is 12.7. The Balaban J connectivity index is 1.71. The Hall–Kier alpha value is -2.87. The van der Waals surface area contributed by atoms with E-state index in [-0.39, 0.29) is 6.01 Å². The molecule has 2 aromatic heterocycles. The molecule has 0 atom stereocenters. The summed E-state index contributed by atoms with van der Waals surface area (Å²) >= 11 is 0. The summed E-state index contributed by atoms with van der Waals surface area (Å²) in [6.07, 6.45) is 3.66. The molecule has 26 heavy (non-hydrogen) atoms. The fourth-order valence-electron chi connectivity index (χ4n) is 2.55. The van der Waals surface area contributed by atoms with Gasteiger partial charge in [-0.2, -0.15) is 9.97 Å². The molecule has 8 nitrogen and oxygen atoms in total. The molecule has 0 saturated heterocycles. The number of hydrogen-bond acceptors (Lipinski definition) is 7. The maximum Gasteiger partial charge on any atom is 0.320 e. The number of anilines is 1. The number of ether oxygens (including phenoxy) is 2. The number of rotatable bonds is 9. The molecule has 0 aliphatic heterocycles. The van der Waals surface area contributed by atoms with Crippen molar-refractivity contribution < 1.29 is 9.47 Å². The van der Waals surface area contributed by atoms with Crippen molar-refractivity contribution in [2.24, 2.45) is 5.73 Å². The van der Waals surface area contributed by atoms with E-state index < -0.39 is 0 Å². The molecule has 1 aromatic carbocycles. The van der Waals surface area contributed by atoms with Crippen LogP contribution in [-0.4, -0.2) is 32.7 Å². The van der Waals surface area contributed by atoms with Crippen LogP contribution in [0.25, 0.3) is 11.2 Å². The minimum Gasteiger partial charge on any atom is -0.491 e. The van der Waals surface area contributed by atoms with Crippen molar-refractivity contribution in [3.8, 4) is 11.8 Å². The van der Waals surface area contributed by atoms with Crippen LogP contribution in [0.3, 0.4) is 0 Å². The third-order valence-electron chi connectivity index (χ3n) is 3.98. The Kier molecular flexibility index (Phi) is 5.85. The number of para-hydroxylation sites is 1. The van der Waals surface area contributed by atoms with E-state index in [0.717, 1.165) is 24.2 Å². The first-order valence-electron chi connectivity index (χ1n) is 8.74. The Morgan fingerprint density at radius 2 is 1.96 bits per heavy atom. The number of nitrogen functional groups attached to an aromatic ring is 1. The Morgan fingerprint density at radius 1 is 1.12 bits per heavy atom. The van der Waals surface area contributed by atoms with Crippen LogP contribution in [0.4, 0.5) is 5.82 Å². The highest BCUT2D eigenvalue weighted by atomic mass is 16.5. The Morgan fingerprint density at radius 3 is 2.77 bits per heavy atom. The minimum absolute atomic E-state index is 0.277. The molecular weight excluding hydrogens is 332 g/mol. The molecule has 3 aromatic rings. The number of nitrogens with zero attached hydrogens (tertiary/aromatic N) is 4. The van der Waals surface area contributed by atoms with E-state index in [9.17, 15) is 0 Å². The number of fused-ring (bicyclic) bond motifs is 1. The van der Waals surface area contributed by atoms with Gasteiger partial charge < -0.3 is 25.5 Å². The largest absolute Gasteiger partial charge is 0.491 e. The van der Waals surface area contributed by atoms with E-state index in [0.29, 0.717) is 43.3 Å². The van der Waals surface area contributed by atoms with Gasteiger partial charge in [0.15, 0.2) is 17.0 Å². The normalized spacial score (nSPS) is 11.0. The molecule has 138 valence electrons. The molecule has 0 amide bonds. The van der Waals surface area contributed by atoms with Gasteiger partial charge in [0.2, 0.25) is 0 Å². The monoisotopic (exact) mass is 356 g/mol. The molecule has 3 rings (SSSR count). The number of hydrogen-bond donors (Lipinski definition) is 2. The van der Waals surface area contributed by atoms with Crippen LogP contribution in [0.1, 0.15) is 25.3 Å². The summed E-state index contributed by atoms with van der Waals surface area (Å²) in [5.41, 5.74) is 13.9. The molecule has 2 heterocycles. The van der Waals surface area contributed by atoms with Gasteiger partial charge in [-0.25, -0.2) is 4.98 Å². The second-order valence-corrected chi connectivity index (χ2v) is 5.86. The van der Waals surface area contributed by atoms with Crippen molar-refractivity contribution >= 4 is 17.0 Å². The molecule has 4 N–H and O–H groups in total. The molecule has 0 aliphatic rings. The van der Waals surface area contributed by atoms with Crippen LogP contribution in [0.5, 0.6) is 11.8 Å². The number of nitrogens with two attached hydrogens (primary N) is 2. The molecule has 8 heteroatoms. The Bertz CT molecular complexity index is 864. The van der Waals surface area contributed by atoms with Crippen molar-refractivity contribution in [2.75, 3.05) is 18.9 Å². The van der Waals surface area contributed by atoms with E-state index in [2.05, 4.69) is 21.9 Å². The number of imidazole rings is 1. The lowest BCUT2D eigenvalue weighted by molar-refractivity contribution is 0.285. The van der Waals surface area contributed by atoms with Crippen molar-refractivity contribution in [3.05, 3.63) is 36.2 Å². The summed E-state index contributed by atoms with van der Waals surface area (Å²) in [6, 6.07) is 8.01. The van der Waals surface area contributed by atoms with Crippen LogP contribution < -0.4 is 20.9 Å². The van der Waals surface area contributed by atoms with Gasteiger partial charge in [0, 0.05) is 12.1 Å². The molecule has 0 aliphatic carbocycles. The van der Waals surface area contributed by atoms with Crippen molar-refractivity contribution in [2.45, 2.75) is 32.9 Å². The molecule has 0 unspecified atom stereocenters. The number of benzene rings is 1. The first kappa shape index (κ1) is 17.9. The lowest BCUT2D eigenvalue weighted by Gasteiger charge is -2.11. The molecule has 0 bridgehead atoms. The van der Waals surface area contributed by atoms with Gasteiger partial charge in [-0.1, -0.05) is 31.5 Å².